The Morgan fingerprint density at radius 2 is 1.72 bits per heavy atom. The van der Waals surface area contributed by atoms with E-state index >= 15 is 0 Å². The van der Waals surface area contributed by atoms with Crippen LogP contribution in [0.1, 0.15) is 26.2 Å². The average molecular weight is 405 g/mol. The van der Waals surface area contributed by atoms with Gasteiger partial charge in [-0.1, -0.05) is 18.2 Å². The van der Waals surface area contributed by atoms with Crippen LogP contribution >= 0.6 is 36.2 Å². The summed E-state index contributed by atoms with van der Waals surface area (Å²) in [5, 5.41) is 1.08. The minimum absolute atomic E-state index is 0.764. The monoisotopic (exact) mass is 404 g/mol. The molecule has 0 amide bonds. The molecular formula is C18H36N4S3. The Hall–Kier alpha value is -0.180. The van der Waals surface area contributed by atoms with Crippen LogP contribution in [0.5, 0.6) is 0 Å². The first-order valence-corrected chi connectivity index (χ1v) is 11.5. The first kappa shape index (κ1) is 27.0. The Bertz CT molecular complexity index is 363. The van der Waals surface area contributed by atoms with E-state index in [4.69, 9.17) is 17.2 Å². The molecule has 1 heterocycles. The normalized spacial score (nSPS) is 9.96. The Labute approximate surface area is 168 Å². The van der Waals surface area contributed by atoms with E-state index in [2.05, 4.69) is 29.8 Å². The van der Waals surface area contributed by atoms with Crippen molar-refractivity contribution in [2.45, 2.75) is 31.2 Å². The number of hydrogen-bond donors (Lipinski definition) is 4. The zero-order chi connectivity index (χ0) is 19.0. The van der Waals surface area contributed by atoms with Crippen LogP contribution in [0.2, 0.25) is 0 Å². The number of nitrogens with zero attached hydrogens (tertiary/aromatic N) is 1. The summed E-state index contributed by atoms with van der Waals surface area (Å²) in [6.07, 6.45) is 9.29. The van der Waals surface area contributed by atoms with Gasteiger partial charge in [-0.2, -0.15) is 24.4 Å². The lowest BCUT2D eigenvalue weighted by Gasteiger charge is -1.96. The molecule has 0 aliphatic carbocycles. The summed E-state index contributed by atoms with van der Waals surface area (Å²) in [5.41, 5.74) is 15.8. The summed E-state index contributed by atoms with van der Waals surface area (Å²) < 4.78 is 0. The van der Waals surface area contributed by atoms with Gasteiger partial charge in [0.05, 0.1) is 5.03 Å². The molecule has 0 unspecified atom stereocenters. The third kappa shape index (κ3) is 26.2. The molecule has 0 aromatic carbocycles. The van der Waals surface area contributed by atoms with Gasteiger partial charge >= 0.3 is 0 Å². The zero-order valence-electron chi connectivity index (χ0n) is 15.5. The second kappa shape index (κ2) is 26.1. The van der Waals surface area contributed by atoms with Crippen molar-refractivity contribution in [3.05, 3.63) is 36.5 Å². The highest BCUT2D eigenvalue weighted by Gasteiger charge is 1.91. The van der Waals surface area contributed by atoms with E-state index in [1.165, 1.54) is 5.75 Å². The van der Waals surface area contributed by atoms with Gasteiger partial charge in [-0.15, -0.1) is 11.8 Å². The van der Waals surface area contributed by atoms with Crippen LogP contribution < -0.4 is 17.2 Å². The van der Waals surface area contributed by atoms with Crippen LogP contribution in [-0.2, 0) is 0 Å². The van der Waals surface area contributed by atoms with Gasteiger partial charge in [0.2, 0.25) is 0 Å². The molecule has 146 valence electrons. The Kier molecular flexibility index (Phi) is 28.2. The molecule has 1 aromatic heterocycles. The maximum atomic E-state index is 5.36. The van der Waals surface area contributed by atoms with E-state index in [1.807, 2.05) is 43.1 Å². The van der Waals surface area contributed by atoms with Gasteiger partial charge in [-0.25, -0.2) is 4.98 Å². The second-order valence-corrected chi connectivity index (χ2v) is 7.52. The van der Waals surface area contributed by atoms with Crippen LogP contribution in [-0.4, -0.2) is 47.6 Å². The molecule has 0 atom stereocenters. The molecule has 0 fully saturated rings. The van der Waals surface area contributed by atoms with Crippen LogP contribution in [0, 0.1) is 0 Å². The minimum atomic E-state index is 0.764. The average Bonchev–Trinajstić information content (AvgIpc) is 2.65. The fourth-order valence-electron chi connectivity index (χ4n) is 1.22. The lowest BCUT2D eigenvalue weighted by Crippen LogP contribution is -1.99. The topological polar surface area (TPSA) is 91.0 Å². The molecular weight excluding hydrogens is 368 g/mol. The molecule has 25 heavy (non-hydrogen) atoms. The molecule has 6 N–H and O–H groups in total. The molecule has 4 nitrogen and oxygen atoms in total. The van der Waals surface area contributed by atoms with Gasteiger partial charge in [0.25, 0.3) is 0 Å². The third-order valence-electron chi connectivity index (χ3n) is 2.54. The van der Waals surface area contributed by atoms with Crippen molar-refractivity contribution in [3.63, 3.8) is 0 Å². The molecule has 1 aromatic rings. The van der Waals surface area contributed by atoms with Crippen molar-refractivity contribution >= 4 is 36.2 Å². The number of nitrogens with two attached hydrogens (primary N) is 3. The zero-order valence-corrected chi connectivity index (χ0v) is 18.0. The van der Waals surface area contributed by atoms with E-state index < -0.39 is 0 Å². The SMILES string of the molecule is C/C=C\CSCCCN.NCCCS.NCCCSc1ccccn1. The largest absolute Gasteiger partial charge is 0.330 e. The number of pyridine rings is 1. The van der Waals surface area contributed by atoms with Crippen LogP contribution in [0.15, 0.2) is 41.6 Å². The summed E-state index contributed by atoms with van der Waals surface area (Å²) in [6.45, 7) is 4.40. The maximum absolute atomic E-state index is 5.36. The van der Waals surface area contributed by atoms with Crippen molar-refractivity contribution in [3.8, 4) is 0 Å². The van der Waals surface area contributed by atoms with Crippen LogP contribution in [0.4, 0.5) is 0 Å². The fraction of sp³-hybridized carbons (Fsp3) is 0.611. The summed E-state index contributed by atoms with van der Waals surface area (Å²) in [7, 11) is 0. The van der Waals surface area contributed by atoms with Gasteiger partial charge in [0, 0.05) is 17.7 Å². The number of thioether (sulfide) groups is 2. The highest BCUT2D eigenvalue weighted by molar-refractivity contribution is 7.99. The predicted molar refractivity (Wildman–Crippen MR) is 122 cm³/mol. The number of allylic oxidation sites excluding steroid dienone is 1. The number of rotatable bonds is 11. The van der Waals surface area contributed by atoms with Crippen molar-refractivity contribution in [2.24, 2.45) is 17.2 Å². The van der Waals surface area contributed by atoms with Crippen LogP contribution in [0.3, 0.4) is 0 Å². The van der Waals surface area contributed by atoms with Crippen molar-refractivity contribution in [1.29, 1.82) is 0 Å². The Morgan fingerprint density at radius 1 is 1.04 bits per heavy atom. The maximum Gasteiger partial charge on any atom is 0.0959 e. The lowest BCUT2D eigenvalue weighted by atomic mass is 10.5. The Balaban J connectivity index is 0. The van der Waals surface area contributed by atoms with Crippen molar-refractivity contribution in [2.75, 3.05) is 42.6 Å². The lowest BCUT2D eigenvalue weighted by molar-refractivity contribution is 0.940. The molecule has 7 heteroatoms. The summed E-state index contributed by atoms with van der Waals surface area (Å²) in [4.78, 5) is 4.17. The molecule has 0 saturated heterocycles. The fourth-order valence-corrected chi connectivity index (χ4v) is 3.10. The first-order valence-electron chi connectivity index (χ1n) is 8.70. The van der Waals surface area contributed by atoms with Crippen molar-refractivity contribution < 1.29 is 0 Å². The Morgan fingerprint density at radius 3 is 2.20 bits per heavy atom. The third-order valence-corrected chi connectivity index (χ3v) is 4.89. The molecule has 0 saturated carbocycles. The smallest absolute Gasteiger partial charge is 0.0959 e. The summed E-state index contributed by atoms with van der Waals surface area (Å²) >= 11 is 7.61. The van der Waals surface area contributed by atoms with E-state index in [-0.39, 0.29) is 0 Å². The van der Waals surface area contributed by atoms with E-state index in [9.17, 15) is 0 Å². The minimum Gasteiger partial charge on any atom is -0.330 e. The molecule has 0 aliphatic rings. The van der Waals surface area contributed by atoms with Gasteiger partial charge in [-0.3, -0.25) is 0 Å². The van der Waals surface area contributed by atoms with Crippen molar-refractivity contribution in [1.82, 2.24) is 4.98 Å². The molecule has 0 spiro atoms. The summed E-state index contributed by atoms with van der Waals surface area (Å²) in [5.74, 6) is 4.31. The van der Waals surface area contributed by atoms with Crippen LogP contribution in [0.25, 0.3) is 0 Å². The summed E-state index contributed by atoms with van der Waals surface area (Å²) in [6, 6.07) is 5.94. The molecule has 0 bridgehead atoms. The van der Waals surface area contributed by atoms with Gasteiger partial charge < -0.3 is 17.2 Å². The number of aromatic nitrogens is 1. The molecule has 1 rings (SSSR count). The second-order valence-electron chi connectivity index (χ2n) is 4.81. The van der Waals surface area contributed by atoms with Gasteiger partial charge in [0.15, 0.2) is 0 Å². The number of thiol groups is 1. The molecule has 0 aliphatic heterocycles. The van der Waals surface area contributed by atoms with E-state index in [0.29, 0.717) is 0 Å². The highest BCUT2D eigenvalue weighted by atomic mass is 32.2. The molecule has 0 radical (unpaired) electrons. The number of hydrogen-bond acceptors (Lipinski definition) is 7. The van der Waals surface area contributed by atoms with E-state index in [1.54, 1.807) is 11.8 Å². The van der Waals surface area contributed by atoms with Gasteiger partial charge in [0.1, 0.15) is 0 Å². The highest BCUT2D eigenvalue weighted by Crippen LogP contribution is 2.13. The van der Waals surface area contributed by atoms with Gasteiger partial charge in [-0.05, 0) is 69.5 Å². The van der Waals surface area contributed by atoms with E-state index in [0.717, 1.165) is 61.2 Å². The first-order chi connectivity index (χ1) is 12.3. The standard InChI is InChI=1S/C8H12N2S.C7H15NS.C3H9NS/c9-5-3-7-11-8-4-1-2-6-10-8;1-2-3-6-9-7-4-5-8;4-2-1-3-5/h1-2,4,6H,3,5,7,9H2;2-3H,4-8H2,1H3;5H,1-4H2/b;3-2-;. The quantitative estimate of drug-likeness (QED) is 0.195. The predicted octanol–water partition coefficient (Wildman–Crippen LogP) is 3.43.